The quantitative estimate of drug-likeness (QED) is 0.688. The van der Waals surface area contributed by atoms with E-state index in [-0.39, 0.29) is 6.61 Å². The van der Waals surface area contributed by atoms with Gasteiger partial charge in [0.15, 0.2) is 0 Å². The van der Waals surface area contributed by atoms with Gasteiger partial charge in [-0.2, -0.15) is 0 Å². The van der Waals surface area contributed by atoms with E-state index in [2.05, 4.69) is 22.6 Å². The van der Waals surface area contributed by atoms with Crippen LogP contribution in [-0.2, 0) is 0 Å². The molecule has 0 unspecified atom stereocenters. The third-order valence-electron chi connectivity index (χ3n) is 0.689. The van der Waals surface area contributed by atoms with Crippen molar-refractivity contribution in [2.75, 3.05) is 6.61 Å². The third-order valence-corrected chi connectivity index (χ3v) is 1.10. The van der Waals surface area contributed by atoms with Crippen molar-refractivity contribution in [3.63, 3.8) is 0 Å². The molecule has 0 aromatic rings. The maximum atomic E-state index is 8.41. The maximum absolute atomic E-state index is 8.41. The Labute approximate surface area is 57.6 Å². The third kappa shape index (κ3) is 4.28. The summed E-state index contributed by atoms with van der Waals surface area (Å²) in [6.07, 6.45) is 1.96. The maximum Gasteiger partial charge on any atom is 0.0491 e. The van der Waals surface area contributed by atoms with Crippen LogP contribution in [0.3, 0.4) is 0 Å². The molecular formula is C5H9IO. The molecule has 0 aromatic carbocycles. The highest BCUT2D eigenvalue weighted by molar-refractivity contribution is 14.1. The molecule has 0 aliphatic heterocycles. The summed E-state index contributed by atoms with van der Waals surface area (Å²) in [7, 11) is 0. The summed E-state index contributed by atoms with van der Waals surface area (Å²) in [5.74, 6) is 0.317. The minimum Gasteiger partial charge on any atom is -0.396 e. The van der Waals surface area contributed by atoms with Crippen molar-refractivity contribution in [2.24, 2.45) is 5.92 Å². The molecule has 0 aliphatic carbocycles. The van der Waals surface area contributed by atoms with Gasteiger partial charge in [0, 0.05) is 6.61 Å². The van der Waals surface area contributed by atoms with Crippen molar-refractivity contribution in [2.45, 2.75) is 6.92 Å². The number of rotatable bonds is 2. The van der Waals surface area contributed by atoms with E-state index in [4.69, 9.17) is 5.11 Å². The zero-order valence-corrected chi connectivity index (χ0v) is 6.42. The molecule has 0 fully saturated rings. The van der Waals surface area contributed by atoms with Crippen LogP contribution in [0.4, 0.5) is 0 Å². The number of hydrogen-bond acceptors (Lipinski definition) is 1. The van der Waals surface area contributed by atoms with Crippen LogP contribution in [0, 0.1) is 5.92 Å². The molecule has 42 valence electrons. The predicted molar refractivity (Wildman–Crippen MR) is 39.4 cm³/mol. The topological polar surface area (TPSA) is 20.2 Å². The van der Waals surface area contributed by atoms with Gasteiger partial charge >= 0.3 is 0 Å². The van der Waals surface area contributed by atoms with Gasteiger partial charge in [-0.3, -0.25) is 0 Å². The average Bonchev–Trinajstić information content (AvgIpc) is 1.68. The van der Waals surface area contributed by atoms with E-state index < -0.39 is 0 Å². The Hall–Kier alpha value is 0.430. The van der Waals surface area contributed by atoms with Gasteiger partial charge in [0.2, 0.25) is 0 Å². The molecule has 0 bridgehead atoms. The second kappa shape index (κ2) is 4.59. The molecular weight excluding hydrogens is 203 g/mol. The first kappa shape index (κ1) is 7.43. The summed E-state index contributed by atoms with van der Waals surface area (Å²) < 4.78 is 1.92. The van der Waals surface area contributed by atoms with Crippen molar-refractivity contribution in [1.29, 1.82) is 0 Å². The van der Waals surface area contributed by atoms with Gasteiger partial charge in [-0.1, -0.05) is 35.6 Å². The molecule has 1 N–H and O–H groups in total. The fraction of sp³-hybridized carbons (Fsp3) is 0.600. The summed E-state index contributed by atoms with van der Waals surface area (Å²) in [6, 6.07) is 0. The number of aliphatic hydroxyl groups is 1. The lowest BCUT2D eigenvalue weighted by atomic mass is 10.2. The Morgan fingerprint density at radius 1 is 1.86 bits per heavy atom. The van der Waals surface area contributed by atoms with Gasteiger partial charge in [0.25, 0.3) is 0 Å². The molecule has 0 rings (SSSR count). The van der Waals surface area contributed by atoms with Crippen LogP contribution < -0.4 is 0 Å². The minimum absolute atomic E-state index is 0.250. The van der Waals surface area contributed by atoms with Gasteiger partial charge in [0.1, 0.15) is 0 Å². The highest BCUT2D eigenvalue weighted by Crippen LogP contribution is 1.96. The molecule has 0 aliphatic rings. The second-order valence-corrected chi connectivity index (χ2v) is 2.20. The van der Waals surface area contributed by atoms with Gasteiger partial charge in [-0.15, -0.1) is 0 Å². The van der Waals surface area contributed by atoms with E-state index >= 15 is 0 Å². The van der Waals surface area contributed by atoms with Gasteiger partial charge < -0.3 is 5.11 Å². The summed E-state index contributed by atoms with van der Waals surface area (Å²) in [4.78, 5) is 0. The molecule has 0 spiro atoms. The Kier molecular flexibility index (Phi) is 4.87. The zero-order chi connectivity index (χ0) is 5.70. The smallest absolute Gasteiger partial charge is 0.0491 e. The lowest BCUT2D eigenvalue weighted by Gasteiger charge is -1.94. The minimum atomic E-state index is 0.250. The Bertz CT molecular complexity index is 61.1. The first-order valence-corrected chi connectivity index (χ1v) is 3.43. The van der Waals surface area contributed by atoms with Crippen LogP contribution >= 0.6 is 22.6 Å². The fourth-order valence-electron chi connectivity index (χ4n) is 0.185. The number of hydrogen-bond donors (Lipinski definition) is 1. The molecule has 0 heterocycles. The van der Waals surface area contributed by atoms with Crippen LogP contribution in [0.1, 0.15) is 6.92 Å². The van der Waals surface area contributed by atoms with Crippen molar-refractivity contribution >= 4 is 22.6 Å². The predicted octanol–water partition coefficient (Wildman–Crippen LogP) is 1.56. The van der Waals surface area contributed by atoms with Crippen molar-refractivity contribution < 1.29 is 5.11 Å². The molecule has 7 heavy (non-hydrogen) atoms. The normalized spacial score (nSPS) is 15.3. The standard InChI is InChI=1S/C5H9IO/c1-5(4-7)2-3-6/h2-3,5,7H,4H2,1H3/b3-2-/t5-/m1/s1. The summed E-state index contributed by atoms with van der Waals surface area (Å²) >= 11 is 2.13. The summed E-state index contributed by atoms with van der Waals surface area (Å²) in [6.45, 7) is 2.22. The lowest BCUT2D eigenvalue weighted by Crippen LogP contribution is -1.93. The highest BCUT2D eigenvalue weighted by Gasteiger charge is 1.87. The Balaban J connectivity index is 3.16. The fourth-order valence-corrected chi connectivity index (χ4v) is 0.894. The average molecular weight is 212 g/mol. The van der Waals surface area contributed by atoms with Crippen molar-refractivity contribution in [1.82, 2.24) is 0 Å². The molecule has 0 aromatic heterocycles. The monoisotopic (exact) mass is 212 g/mol. The second-order valence-electron chi connectivity index (χ2n) is 1.48. The first-order chi connectivity index (χ1) is 3.31. The SMILES string of the molecule is C[C@H](/C=C\I)CO. The lowest BCUT2D eigenvalue weighted by molar-refractivity contribution is 0.262. The molecule has 0 saturated carbocycles. The van der Waals surface area contributed by atoms with Gasteiger partial charge in [-0.05, 0) is 10.0 Å². The van der Waals surface area contributed by atoms with Crippen LogP contribution in [0.25, 0.3) is 0 Å². The van der Waals surface area contributed by atoms with E-state index in [0.29, 0.717) is 5.92 Å². The Morgan fingerprint density at radius 3 is 2.57 bits per heavy atom. The van der Waals surface area contributed by atoms with Gasteiger partial charge in [-0.25, -0.2) is 0 Å². The van der Waals surface area contributed by atoms with E-state index in [1.165, 1.54) is 0 Å². The van der Waals surface area contributed by atoms with Gasteiger partial charge in [0.05, 0.1) is 0 Å². The summed E-state index contributed by atoms with van der Waals surface area (Å²) in [5.41, 5.74) is 0. The first-order valence-electron chi connectivity index (χ1n) is 2.19. The number of halogens is 1. The Morgan fingerprint density at radius 2 is 2.43 bits per heavy atom. The van der Waals surface area contributed by atoms with E-state index in [1.807, 2.05) is 17.1 Å². The van der Waals surface area contributed by atoms with Crippen LogP contribution in [0.15, 0.2) is 10.2 Å². The van der Waals surface area contributed by atoms with Crippen LogP contribution in [-0.4, -0.2) is 11.7 Å². The molecule has 1 atom stereocenters. The molecule has 1 nitrogen and oxygen atoms in total. The largest absolute Gasteiger partial charge is 0.396 e. The van der Waals surface area contributed by atoms with E-state index in [9.17, 15) is 0 Å². The van der Waals surface area contributed by atoms with Crippen molar-refractivity contribution in [3.8, 4) is 0 Å². The number of aliphatic hydroxyl groups excluding tert-OH is 1. The molecule has 0 amide bonds. The molecule has 2 heteroatoms. The highest BCUT2D eigenvalue weighted by atomic mass is 127. The van der Waals surface area contributed by atoms with Crippen LogP contribution in [0.2, 0.25) is 0 Å². The van der Waals surface area contributed by atoms with E-state index in [1.54, 1.807) is 0 Å². The molecule has 0 radical (unpaired) electrons. The van der Waals surface area contributed by atoms with E-state index in [0.717, 1.165) is 0 Å². The zero-order valence-electron chi connectivity index (χ0n) is 4.26. The van der Waals surface area contributed by atoms with Crippen molar-refractivity contribution in [3.05, 3.63) is 10.2 Å². The van der Waals surface area contributed by atoms with Crippen LogP contribution in [0.5, 0.6) is 0 Å². The molecule has 0 saturated heterocycles. The summed E-state index contributed by atoms with van der Waals surface area (Å²) in [5, 5.41) is 8.41.